The van der Waals surface area contributed by atoms with Crippen molar-refractivity contribution in [1.29, 1.82) is 5.26 Å². The highest BCUT2D eigenvalue weighted by atomic mass is 16.5. The van der Waals surface area contributed by atoms with Crippen LogP contribution in [0.1, 0.15) is 43.5 Å². The molecule has 0 saturated carbocycles. The Morgan fingerprint density at radius 3 is 2.68 bits per heavy atom. The fourth-order valence-corrected chi connectivity index (χ4v) is 1.68. The zero-order valence-corrected chi connectivity index (χ0v) is 11.3. The van der Waals surface area contributed by atoms with Crippen LogP contribution in [0.2, 0.25) is 0 Å². The number of carbonyl (C=O) groups is 1. The average molecular weight is 261 g/mol. The van der Waals surface area contributed by atoms with Gasteiger partial charge in [0, 0.05) is 0 Å². The van der Waals surface area contributed by atoms with Gasteiger partial charge in [0.25, 0.3) is 0 Å². The Kier molecular flexibility index (Phi) is 5.37. The smallest absolute Gasteiger partial charge is 0.339 e. The van der Waals surface area contributed by atoms with Crippen molar-refractivity contribution in [1.82, 2.24) is 0 Å². The lowest BCUT2D eigenvalue weighted by Gasteiger charge is -2.14. The molecule has 1 aromatic carbocycles. The number of carboxylic acid groups (broad SMARTS) is 1. The summed E-state index contributed by atoms with van der Waals surface area (Å²) in [6, 6.07) is 8.86. The van der Waals surface area contributed by atoms with Gasteiger partial charge < -0.3 is 9.84 Å². The quantitative estimate of drug-likeness (QED) is 0.763. The van der Waals surface area contributed by atoms with Crippen molar-refractivity contribution in [3.63, 3.8) is 0 Å². The Balaban J connectivity index is 2.39. The first-order chi connectivity index (χ1) is 8.96. The van der Waals surface area contributed by atoms with Crippen molar-refractivity contribution in [2.24, 2.45) is 5.41 Å². The molecule has 1 N–H and O–H groups in total. The minimum atomic E-state index is -0.985. The number of nitriles is 1. The summed E-state index contributed by atoms with van der Waals surface area (Å²) < 4.78 is 5.48. The first kappa shape index (κ1) is 15.0. The molecule has 0 amide bonds. The molecule has 0 aromatic heterocycles. The van der Waals surface area contributed by atoms with Crippen molar-refractivity contribution < 1.29 is 14.6 Å². The SMILES string of the molecule is CC(C)(C#N)CCCCOc1ccccc1C(=O)O. The number of unbranched alkanes of at least 4 members (excludes halogenated alkanes) is 1. The van der Waals surface area contributed by atoms with Crippen molar-refractivity contribution >= 4 is 5.97 Å². The van der Waals surface area contributed by atoms with Crippen LogP contribution in [0.5, 0.6) is 5.75 Å². The van der Waals surface area contributed by atoms with Gasteiger partial charge in [0.15, 0.2) is 0 Å². The van der Waals surface area contributed by atoms with Gasteiger partial charge in [0.05, 0.1) is 18.1 Å². The zero-order chi connectivity index (χ0) is 14.3. The number of carboxylic acids is 1. The molecule has 1 aromatic rings. The Hall–Kier alpha value is -2.02. The third-order valence-corrected chi connectivity index (χ3v) is 2.87. The van der Waals surface area contributed by atoms with Crippen LogP contribution in [-0.2, 0) is 0 Å². The van der Waals surface area contributed by atoms with Crippen molar-refractivity contribution in [3.05, 3.63) is 29.8 Å². The van der Waals surface area contributed by atoms with E-state index in [0.29, 0.717) is 12.4 Å². The molecular weight excluding hydrogens is 242 g/mol. The van der Waals surface area contributed by atoms with Crippen LogP contribution in [0.3, 0.4) is 0 Å². The summed E-state index contributed by atoms with van der Waals surface area (Å²) in [6.45, 7) is 4.28. The van der Waals surface area contributed by atoms with Gasteiger partial charge in [-0.25, -0.2) is 4.79 Å². The lowest BCUT2D eigenvalue weighted by Crippen LogP contribution is -2.09. The van der Waals surface area contributed by atoms with E-state index in [1.165, 1.54) is 6.07 Å². The second-order valence-electron chi connectivity index (χ2n) is 5.10. The van der Waals surface area contributed by atoms with E-state index in [1.807, 2.05) is 13.8 Å². The molecule has 0 unspecified atom stereocenters. The molecule has 0 aliphatic heterocycles. The van der Waals surface area contributed by atoms with E-state index in [2.05, 4.69) is 6.07 Å². The topological polar surface area (TPSA) is 70.3 Å². The van der Waals surface area contributed by atoms with Crippen molar-refractivity contribution in [3.8, 4) is 11.8 Å². The lowest BCUT2D eigenvalue weighted by molar-refractivity contribution is 0.0692. The highest BCUT2D eigenvalue weighted by Crippen LogP contribution is 2.22. The standard InChI is InChI=1S/C15H19NO3/c1-15(2,11-16)9-5-6-10-19-13-8-4-3-7-12(13)14(17)18/h3-4,7-8H,5-6,9-10H2,1-2H3,(H,17,18). The molecule has 0 bridgehead atoms. The highest BCUT2D eigenvalue weighted by Gasteiger charge is 2.15. The van der Waals surface area contributed by atoms with E-state index in [9.17, 15) is 4.79 Å². The molecule has 0 saturated heterocycles. The summed E-state index contributed by atoms with van der Waals surface area (Å²) in [5.41, 5.74) is -0.126. The maximum absolute atomic E-state index is 11.0. The number of rotatable bonds is 7. The summed E-state index contributed by atoms with van der Waals surface area (Å²) in [7, 11) is 0. The van der Waals surface area contributed by atoms with Gasteiger partial charge in [-0.1, -0.05) is 12.1 Å². The van der Waals surface area contributed by atoms with Crippen molar-refractivity contribution in [2.45, 2.75) is 33.1 Å². The Bertz CT molecular complexity index is 475. The Morgan fingerprint density at radius 1 is 1.37 bits per heavy atom. The van der Waals surface area contributed by atoms with E-state index >= 15 is 0 Å². The van der Waals surface area contributed by atoms with Gasteiger partial charge in [0.2, 0.25) is 0 Å². The fourth-order valence-electron chi connectivity index (χ4n) is 1.68. The highest BCUT2D eigenvalue weighted by molar-refractivity contribution is 5.90. The number of benzene rings is 1. The first-order valence-corrected chi connectivity index (χ1v) is 6.33. The molecule has 0 heterocycles. The van der Waals surface area contributed by atoms with E-state index in [0.717, 1.165) is 19.3 Å². The fraction of sp³-hybridized carbons (Fsp3) is 0.467. The normalized spacial score (nSPS) is 10.8. The van der Waals surface area contributed by atoms with Gasteiger partial charge in [-0.05, 0) is 45.2 Å². The van der Waals surface area contributed by atoms with E-state index in [1.54, 1.807) is 18.2 Å². The van der Waals surface area contributed by atoms with Gasteiger partial charge >= 0.3 is 5.97 Å². The number of aromatic carboxylic acids is 1. The number of para-hydroxylation sites is 1. The average Bonchev–Trinajstić information content (AvgIpc) is 2.38. The maximum Gasteiger partial charge on any atom is 0.339 e. The largest absolute Gasteiger partial charge is 0.493 e. The molecule has 19 heavy (non-hydrogen) atoms. The minimum absolute atomic E-state index is 0.180. The second kappa shape index (κ2) is 6.79. The second-order valence-corrected chi connectivity index (χ2v) is 5.10. The van der Waals surface area contributed by atoms with Gasteiger partial charge in [-0.2, -0.15) is 5.26 Å². The molecule has 0 aliphatic carbocycles. The molecule has 0 atom stereocenters. The van der Waals surface area contributed by atoms with Crippen molar-refractivity contribution in [2.75, 3.05) is 6.61 Å². The Morgan fingerprint density at radius 2 is 2.05 bits per heavy atom. The number of hydrogen-bond donors (Lipinski definition) is 1. The number of nitrogens with zero attached hydrogens (tertiary/aromatic N) is 1. The molecule has 1 rings (SSSR count). The molecule has 102 valence electrons. The predicted molar refractivity (Wildman–Crippen MR) is 72.1 cm³/mol. The first-order valence-electron chi connectivity index (χ1n) is 6.33. The van der Waals surface area contributed by atoms with Crippen LogP contribution < -0.4 is 4.74 Å². The van der Waals surface area contributed by atoms with Crippen LogP contribution in [0.4, 0.5) is 0 Å². The zero-order valence-electron chi connectivity index (χ0n) is 11.3. The van der Waals surface area contributed by atoms with Gasteiger partial charge in [-0.3, -0.25) is 0 Å². The third-order valence-electron chi connectivity index (χ3n) is 2.87. The van der Waals surface area contributed by atoms with E-state index in [4.69, 9.17) is 15.1 Å². The third kappa shape index (κ3) is 5.01. The van der Waals surface area contributed by atoms with Crippen LogP contribution in [-0.4, -0.2) is 17.7 Å². The summed E-state index contributed by atoms with van der Waals surface area (Å²) in [6.07, 6.45) is 2.50. The summed E-state index contributed by atoms with van der Waals surface area (Å²) in [4.78, 5) is 11.0. The molecular formula is C15H19NO3. The summed E-state index contributed by atoms with van der Waals surface area (Å²) in [5, 5.41) is 17.9. The summed E-state index contributed by atoms with van der Waals surface area (Å²) >= 11 is 0. The molecule has 0 fully saturated rings. The summed E-state index contributed by atoms with van der Waals surface area (Å²) in [5.74, 6) is -0.587. The van der Waals surface area contributed by atoms with Crippen LogP contribution >= 0.6 is 0 Å². The van der Waals surface area contributed by atoms with Crippen LogP contribution in [0, 0.1) is 16.7 Å². The lowest BCUT2D eigenvalue weighted by atomic mass is 9.89. The monoisotopic (exact) mass is 261 g/mol. The molecule has 4 heteroatoms. The van der Waals surface area contributed by atoms with Gasteiger partial charge in [0.1, 0.15) is 11.3 Å². The Labute approximate surface area is 113 Å². The van der Waals surface area contributed by atoms with Crippen LogP contribution in [0.15, 0.2) is 24.3 Å². The molecule has 0 aliphatic rings. The molecule has 0 spiro atoms. The predicted octanol–water partition coefficient (Wildman–Crippen LogP) is 3.48. The van der Waals surface area contributed by atoms with Gasteiger partial charge in [-0.15, -0.1) is 0 Å². The molecule has 4 nitrogen and oxygen atoms in total. The molecule has 0 radical (unpaired) electrons. The van der Waals surface area contributed by atoms with E-state index in [-0.39, 0.29) is 11.0 Å². The van der Waals surface area contributed by atoms with Crippen LogP contribution in [0.25, 0.3) is 0 Å². The number of hydrogen-bond acceptors (Lipinski definition) is 3. The maximum atomic E-state index is 11.0. The number of ether oxygens (including phenoxy) is 1. The van der Waals surface area contributed by atoms with E-state index < -0.39 is 5.97 Å². The minimum Gasteiger partial charge on any atom is -0.493 e.